The van der Waals surface area contributed by atoms with Gasteiger partial charge in [0, 0.05) is 32.3 Å². The van der Waals surface area contributed by atoms with Crippen molar-refractivity contribution in [3.05, 3.63) is 29.8 Å². The maximum absolute atomic E-state index is 14.4. The minimum atomic E-state index is -0.374. The first-order valence-corrected chi connectivity index (χ1v) is 8.90. The second-order valence-electron chi connectivity index (χ2n) is 6.31. The van der Waals surface area contributed by atoms with Crippen molar-refractivity contribution in [3.63, 3.8) is 0 Å². The zero-order chi connectivity index (χ0) is 18.4. The third-order valence-corrected chi connectivity index (χ3v) is 4.37. The molecule has 7 nitrogen and oxygen atoms in total. The van der Waals surface area contributed by atoms with E-state index >= 15 is 0 Å². The van der Waals surface area contributed by atoms with Crippen molar-refractivity contribution in [2.45, 2.75) is 32.2 Å². The first-order chi connectivity index (χ1) is 12.7. The Morgan fingerprint density at radius 3 is 3.04 bits per heavy atom. The lowest BCUT2D eigenvalue weighted by Gasteiger charge is -2.11. The molecule has 0 saturated heterocycles. The second kappa shape index (κ2) is 8.86. The summed E-state index contributed by atoms with van der Waals surface area (Å²) in [6.07, 6.45) is 4.10. The number of carbonyl (C=O) groups is 1. The smallest absolute Gasteiger partial charge is 0.238 e. The van der Waals surface area contributed by atoms with E-state index in [1.54, 1.807) is 19.2 Å². The third kappa shape index (κ3) is 4.44. The van der Waals surface area contributed by atoms with Crippen molar-refractivity contribution < 1.29 is 13.9 Å². The Kier molecular flexibility index (Phi) is 6.30. The van der Waals surface area contributed by atoms with Crippen LogP contribution in [0.3, 0.4) is 0 Å². The number of hydrogen-bond donors (Lipinski definition) is 2. The van der Waals surface area contributed by atoms with Gasteiger partial charge in [0.25, 0.3) is 0 Å². The van der Waals surface area contributed by atoms with E-state index in [4.69, 9.17) is 4.74 Å². The minimum absolute atomic E-state index is 0.163. The normalized spacial score (nSPS) is 13.9. The number of aryl methyl sites for hydroxylation is 1. The first kappa shape index (κ1) is 18.5. The third-order valence-electron chi connectivity index (χ3n) is 4.37. The highest BCUT2D eigenvalue weighted by Crippen LogP contribution is 2.27. The predicted molar refractivity (Wildman–Crippen MR) is 96.3 cm³/mol. The molecule has 1 aromatic carbocycles. The van der Waals surface area contributed by atoms with Gasteiger partial charge in [-0.25, -0.2) is 4.39 Å². The van der Waals surface area contributed by atoms with Gasteiger partial charge in [0.15, 0.2) is 5.82 Å². The fourth-order valence-corrected chi connectivity index (χ4v) is 3.04. The first-order valence-electron chi connectivity index (χ1n) is 8.90. The monoisotopic (exact) mass is 361 g/mol. The van der Waals surface area contributed by atoms with Crippen LogP contribution in [-0.2, 0) is 22.5 Å². The van der Waals surface area contributed by atoms with Gasteiger partial charge >= 0.3 is 0 Å². The molecule has 0 saturated carbocycles. The van der Waals surface area contributed by atoms with Gasteiger partial charge in [0.05, 0.1) is 18.7 Å². The van der Waals surface area contributed by atoms with Crippen LogP contribution in [0.4, 0.5) is 10.1 Å². The molecule has 2 aromatic rings. The van der Waals surface area contributed by atoms with Crippen LogP contribution in [-0.4, -0.2) is 47.5 Å². The molecular formula is C18H24FN5O2. The number of hydrogen-bond acceptors (Lipinski definition) is 5. The maximum atomic E-state index is 14.4. The lowest BCUT2D eigenvalue weighted by atomic mass is 10.1. The molecule has 3 rings (SSSR count). The van der Waals surface area contributed by atoms with Crippen molar-refractivity contribution in [3.8, 4) is 11.4 Å². The summed E-state index contributed by atoms with van der Waals surface area (Å²) >= 11 is 0. The highest BCUT2D eigenvalue weighted by Gasteiger charge is 2.19. The van der Waals surface area contributed by atoms with E-state index in [0.717, 1.165) is 38.1 Å². The van der Waals surface area contributed by atoms with Gasteiger partial charge in [-0.1, -0.05) is 6.42 Å². The van der Waals surface area contributed by atoms with Crippen molar-refractivity contribution in [2.24, 2.45) is 0 Å². The van der Waals surface area contributed by atoms with E-state index in [1.165, 1.54) is 6.07 Å². The molecule has 0 fully saturated rings. The lowest BCUT2D eigenvalue weighted by Crippen LogP contribution is -2.30. The maximum Gasteiger partial charge on any atom is 0.238 e. The van der Waals surface area contributed by atoms with Gasteiger partial charge in [-0.2, -0.15) is 0 Å². The van der Waals surface area contributed by atoms with Crippen molar-refractivity contribution in [1.82, 2.24) is 20.1 Å². The Bertz CT molecular complexity index is 762. The number of amides is 1. The van der Waals surface area contributed by atoms with Crippen LogP contribution in [0.25, 0.3) is 11.4 Å². The number of rotatable bonds is 7. The van der Waals surface area contributed by atoms with E-state index < -0.39 is 0 Å². The van der Waals surface area contributed by atoms with Crippen LogP contribution in [0, 0.1) is 5.82 Å². The van der Waals surface area contributed by atoms with Gasteiger partial charge in [0.2, 0.25) is 5.91 Å². The molecule has 140 valence electrons. The van der Waals surface area contributed by atoms with Crippen LogP contribution < -0.4 is 10.6 Å². The number of anilines is 1. The van der Waals surface area contributed by atoms with E-state index in [-0.39, 0.29) is 18.3 Å². The summed E-state index contributed by atoms with van der Waals surface area (Å²) < 4.78 is 21.3. The van der Waals surface area contributed by atoms with Crippen molar-refractivity contribution in [2.75, 3.05) is 32.1 Å². The Balaban J connectivity index is 1.74. The summed E-state index contributed by atoms with van der Waals surface area (Å²) in [5.74, 6) is 0.849. The fraction of sp³-hybridized carbons (Fsp3) is 0.500. The summed E-state index contributed by atoms with van der Waals surface area (Å²) in [5.41, 5.74) is 0.890. The van der Waals surface area contributed by atoms with Crippen LogP contribution in [0.5, 0.6) is 0 Å². The molecule has 0 bridgehead atoms. The Labute approximate surface area is 151 Å². The summed E-state index contributed by atoms with van der Waals surface area (Å²) in [7, 11) is 1.60. The Hall–Kier alpha value is -2.32. The highest BCUT2D eigenvalue weighted by atomic mass is 19.1. The Morgan fingerprint density at radius 2 is 2.19 bits per heavy atom. The number of benzene rings is 1. The van der Waals surface area contributed by atoms with Gasteiger partial charge in [-0.3, -0.25) is 4.79 Å². The lowest BCUT2D eigenvalue weighted by molar-refractivity contribution is -0.115. The molecule has 1 aromatic heterocycles. The molecule has 1 amide bonds. The molecule has 0 spiro atoms. The number of methoxy groups -OCH3 is 1. The standard InChI is InChI=1S/C18H24FN5O2/c1-26-10-8-20-12-17(25)21-13-6-7-15(19)14(11-13)18-23-22-16-5-3-2-4-9-24(16)18/h6-7,11,20H,2-5,8-10,12H2,1H3,(H,21,25). The molecule has 2 N–H and O–H groups in total. The average molecular weight is 361 g/mol. The summed E-state index contributed by atoms with van der Waals surface area (Å²) in [5, 5.41) is 14.2. The van der Waals surface area contributed by atoms with Crippen molar-refractivity contribution >= 4 is 11.6 Å². The average Bonchev–Trinajstić information content (AvgIpc) is 2.88. The van der Waals surface area contributed by atoms with Gasteiger partial charge in [-0.15, -0.1) is 10.2 Å². The molecule has 1 aliphatic heterocycles. The van der Waals surface area contributed by atoms with Gasteiger partial charge < -0.3 is 19.9 Å². The van der Waals surface area contributed by atoms with Gasteiger partial charge in [-0.05, 0) is 31.0 Å². The van der Waals surface area contributed by atoms with E-state index in [0.29, 0.717) is 30.2 Å². The predicted octanol–water partition coefficient (Wildman–Crippen LogP) is 1.99. The van der Waals surface area contributed by atoms with E-state index in [2.05, 4.69) is 20.8 Å². The van der Waals surface area contributed by atoms with E-state index in [1.807, 2.05) is 4.57 Å². The van der Waals surface area contributed by atoms with Crippen LogP contribution in [0.2, 0.25) is 0 Å². The summed E-state index contributed by atoms with van der Waals surface area (Å²) in [6.45, 7) is 2.07. The Morgan fingerprint density at radius 1 is 1.31 bits per heavy atom. The summed E-state index contributed by atoms with van der Waals surface area (Å²) in [4.78, 5) is 12.0. The molecule has 0 aliphatic carbocycles. The molecule has 0 unspecified atom stereocenters. The highest BCUT2D eigenvalue weighted by molar-refractivity contribution is 5.92. The fourth-order valence-electron chi connectivity index (χ4n) is 3.04. The number of halogens is 1. The van der Waals surface area contributed by atoms with E-state index in [9.17, 15) is 9.18 Å². The van der Waals surface area contributed by atoms with Crippen LogP contribution in [0.15, 0.2) is 18.2 Å². The molecule has 2 heterocycles. The zero-order valence-electron chi connectivity index (χ0n) is 14.9. The SMILES string of the molecule is COCCNCC(=O)Nc1ccc(F)c(-c2nnc3n2CCCCC3)c1. The molecule has 8 heteroatoms. The van der Waals surface area contributed by atoms with Crippen LogP contribution in [0.1, 0.15) is 25.1 Å². The molecule has 0 atom stereocenters. The number of carbonyl (C=O) groups excluding carboxylic acids is 1. The number of nitrogens with one attached hydrogen (secondary N) is 2. The molecule has 0 radical (unpaired) electrons. The number of ether oxygens (including phenoxy) is 1. The number of fused-ring (bicyclic) bond motifs is 1. The quantitative estimate of drug-likeness (QED) is 0.737. The van der Waals surface area contributed by atoms with Crippen molar-refractivity contribution in [1.29, 1.82) is 0 Å². The summed E-state index contributed by atoms with van der Waals surface area (Å²) in [6, 6.07) is 4.51. The number of aromatic nitrogens is 3. The molecule has 26 heavy (non-hydrogen) atoms. The largest absolute Gasteiger partial charge is 0.383 e. The second-order valence-corrected chi connectivity index (χ2v) is 6.31. The van der Waals surface area contributed by atoms with Gasteiger partial charge in [0.1, 0.15) is 11.6 Å². The number of nitrogens with zero attached hydrogens (tertiary/aromatic N) is 3. The molecule has 1 aliphatic rings. The van der Waals surface area contributed by atoms with Crippen LogP contribution >= 0.6 is 0 Å². The minimum Gasteiger partial charge on any atom is -0.383 e. The molecular weight excluding hydrogens is 337 g/mol. The zero-order valence-corrected chi connectivity index (χ0v) is 14.9. The topological polar surface area (TPSA) is 81.1 Å².